The van der Waals surface area contributed by atoms with Gasteiger partial charge in [0.1, 0.15) is 5.75 Å². The Morgan fingerprint density at radius 1 is 1.05 bits per heavy atom. The van der Waals surface area contributed by atoms with E-state index in [9.17, 15) is 14.7 Å². The molecule has 1 aromatic rings. The molecule has 0 aliphatic heterocycles. The van der Waals surface area contributed by atoms with Gasteiger partial charge in [0.2, 0.25) is 11.8 Å². The number of carbonyl (C=O) groups excluding carboxylic acids is 2. The zero-order chi connectivity index (χ0) is 15.4. The maximum absolute atomic E-state index is 10.9. The molecule has 0 aliphatic rings. The third-order valence-electron chi connectivity index (χ3n) is 2.77. The Hall–Kier alpha value is -1.83. The van der Waals surface area contributed by atoms with Crippen molar-refractivity contribution < 1.29 is 14.7 Å². The molecular weight excluding hydrogens is 284 g/mol. The summed E-state index contributed by atoms with van der Waals surface area (Å²) in [6.45, 7) is 0. The Bertz CT molecular complexity index is 492. The average Bonchev–Trinajstić information content (AvgIpc) is 2.29. The summed E-state index contributed by atoms with van der Waals surface area (Å²) in [4.78, 5) is 21.8. The topological polar surface area (TPSA) is 158 Å². The van der Waals surface area contributed by atoms with Crippen molar-refractivity contribution in [3.8, 4) is 5.75 Å². The number of benzene rings is 1. The first-order valence-corrected chi connectivity index (χ1v) is 6.20. The van der Waals surface area contributed by atoms with Gasteiger partial charge >= 0.3 is 0 Å². The van der Waals surface area contributed by atoms with E-state index in [2.05, 4.69) is 0 Å². The van der Waals surface area contributed by atoms with Crippen molar-refractivity contribution in [1.82, 2.24) is 0 Å². The van der Waals surface area contributed by atoms with Gasteiger partial charge in [0, 0.05) is 41.1 Å². The molecule has 0 fully saturated rings. The minimum absolute atomic E-state index is 0.154. The monoisotopic (exact) mass is 300 g/mol. The molecule has 0 radical (unpaired) electrons. The summed E-state index contributed by atoms with van der Waals surface area (Å²) in [7, 11) is 0. The predicted molar refractivity (Wildman–Crippen MR) is 74.6 cm³/mol. The Morgan fingerprint density at radius 2 is 1.40 bits per heavy atom. The minimum atomic E-state index is -0.814. The zero-order valence-corrected chi connectivity index (χ0v) is 11.4. The average molecular weight is 301 g/mol. The summed E-state index contributed by atoms with van der Waals surface area (Å²) in [5, 5.41) is 10.4. The van der Waals surface area contributed by atoms with Crippen LogP contribution in [0, 0.1) is 0 Å². The first-order chi connectivity index (χ1) is 9.22. The fourth-order valence-electron chi connectivity index (χ4n) is 1.86. The van der Waals surface area contributed by atoms with Gasteiger partial charge in [0.05, 0.1) is 0 Å². The summed E-state index contributed by atoms with van der Waals surface area (Å²) >= 11 is 5.93. The van der Waals surface area contributed by atoms with Gasteiger partial charge in [0.15, 0.2) is 0 Å². The van der Waals surface area contributed by atoms with Crippen molar-refractivity contribution in [2.75, 3.05) is 0 Å². The van der Waals surface area contributed by atoms with Crippen LogP contribution in [0.2, 0.25) is 5.02 Å². The molecule has 110 valence electrons. The molecule has 0 aliphatic carbocycles. The molecule has 0 bridgehead atoms. The second-order valence-electron chi connectivity index (χ2n) is 4.49. The van der Waals surface area contributed by atoms with Crippen molar-refractivity contribution >= 4 is 23.4 Å². The molecular formula is C12H17ClN4O3. The van der Waals surface area contributed by atoms with Crippen LogP contribution in [0.15, 0.2) is 12.1 Å². The molecule has 0 heterocycles. The number of hydrogen-bond donors (Lipinski definition) is 5. The van der Waals surface area contributed by atoms with Gasteiger partial charge in [-0.3, -0.25) is 9.59 Å². The summed E-state index contributed by atoms with van der Waals surface area (Å²) in [6.07, 6.45) is -0.309. The molecule has 0 saturated heterocycles. The van der Waals surface area contributed by atoms with Crippen molar-refractivity contribution in [3.05, 3.63) is 28.3 Å². The fraction of sp³-hybridized carbons (Fsp3) is 0.333. The lowest BCUT2D eigenvalue weighted by Gasteiger charge is -2.18. The summed E-state index contributed by atoms with van der Waals surface area (Å²) in [5.74, 6) is -1.43. The van der Waals surface area contributed by atoms with Crippen LogP contribution in [0.1, 0.15) is 36.1 Å². The normalized spacial score (nSPS) is 13.8. The second kappa shape index (κ2) is 6.56. The molecule has 1 rings (SSSR count). The third-order valence-corrected chi connectivity index (χ3v) is 2.99. The molecule has 2 amide bonds. The molecule has 20 heavy (non-hydrogen) atoms. The van der Waals surface area contributed by atoms with Gasteiger partial charge in [-0.1, -0.05) is 11.6 Å². The number of phenols is 1. The highest BCUT2D eigenvalue weighted by molar-refractivity contribution is 6.30. The van der Waals surface area contributed by atoms with Gasteiger partial charge in [-0.25, -0.2) is 0 Å². The Morgan fingerprint density at radius 3 is 1.70 bits per heavy atom. The van der Waals surface area contributed by atoms with Crippen LogP contribution in [-0.4, -0.2) is 16.9 Å². The summed E-state index contributed by atoms with van der Waals surface area (Å²) in [6, 6.07) is 1.21. The molecule has 8 heteroatoms. The number of halogens is 1. The van der Waals surface area contributed by atoms with E-state index in [1.807, 2.05) is 0 Å². The summed E-state index contributed by atoms with van der Waals surface area (Å²) in [5.41, 5.74) is 22.2. The van der Waals surface area contributed by atoms with Crippen LogP contribution < -0.4 is 22.9 Å². The molecule has 0 saturated carbocycles. The van der Waals surface area contributed by atoms with Crippen LogP contribution in [0.3, 0.4) is 0 Å². The highest BCUT2D eigenvalue weighted by Crippen LogP contribution is 2.35. The van der Waals surface area contributed by atoms with E-state index in [1.165, 1.54) is 12.1 Å². The molecule has 0 aromatic heterocycles. The highest BCUT2D eigenvalue weighted by Gasteiger charge is 2.21. The van der Waals surface area contributed by atoms with Crippen LogP contribution in [0.4, 0.5) is 0 Å². The zero-order valence-electron chi connectivity index (χ0n) is 10.7. The summed E-state index contributed by atoms with van der Waals surface area (Å²) < 4.78 is 0. The van der Waals surface area contributed by atoms with E-state index in [0.717, 1.165) is 0 Å². The van der Waals surface area contributed by atoms with Gasteiger partial charge in [-0.15, -0.1) is 0 Å². The first kappa shape index (κ1) is 16.2. The molecule has 2 unspecified atom stereocenters. The number of phenolic OH excluding ortho intramolecular Hbond substituents is 1. The van der Waals surface area contributed by atoms with Gasteiger partial charge in [-0.2, -0.15) is 0 Å². The molecule has 1 aromatic carbocycles. The largest absolute Gasteiger partial charge is 0.507 e. The van der Waals surface area contributed by atoms with E-state index in [4.69, 9.17) is 34.5 Å². The smallest absolute Gasteiger partial charge is 0.219 e. The maximum atomic E-state index is 10.9. The number of aromatic hydroxyl groups is 1. The number of primary amides is 2. The van der Waals surface area contributed by atoms with Crippen molar-refractivity contribution in [3.63, 3.8) is 0 Å². The SMILES string of the molecule is NC(=O)CC(N)c1cc(Cl)cc(C(N)CC(N)=O)c1O. The van der Waals surface area contributed by atoms with E-state index >= 15 is 0 Å². The predicted octanol–water partition coefficient (Wildman–Crippen LogP) is -0.204. The van der Waals surface area contributed by atoms with Crippen LogP contribution in [0.5, 0.6) is 5.75 Å². The Balaban J connectivity index is 3.18. The fourth-order valence-corrected chi connectivity index (χ4v) is 2.10. The maximum Gasteiger partial charge on any atom is 0.219 e. The number of amides is 2. The number of nitrogens with two attached hydrogens (primary N) is 4. The number of rotatable bonds is 6. The van der Waals surface area contributed by atoms with Crippen molar-refractivity contribution in [2.45, 2.75) is 24.9 Å². The van der Waals surface area contributed by atoms with E-state index in [0.29, 0.717) is 0 Å². The van der Waals surface area contributed by atoms with Gasteiger partial charge in [-0.05, 0) is 12.1 Å². The van der Waals surface area contributed by atoms with Crippen molar-refractivity contribution in [2.24, 2.45) is 22.9 Å². The molecule has 0 spiro atoms. The Labute approximate surface area is 120 Å². The van der Waals surface area contributed by atoms with Crippen LogP contribution in [-0.2, 0) is 9.59 Å². The second-order valence-corrected chi connectivity index (χ2v) is 4.92. The van der Waals surface area contributed by atoms with E-state index < -0.39 is 23.9 Å². The Kier molecular flexibility index (Phi) is 5.32. The molecule has 7 nitrogen and oxygen atoms in total. The number of hydrogen-bond acceptors (Lipinski definition) is 5. The molecule has 9 N–H and O–H groups in total. The third kappa shape index (κ3) is 4.09. The highest BCUT2D eigenvalue weighted by atomic mass is 35.5. The first-order valence-electron chi connectivity index (χ1n) is 5.82. The quantitative estimate of drug-likeness (QED) is 0.491. The lowest BCUT2D eigenvalue weighted by atomic mass is 9.95. The standard InChI is InChI=1S/C12H17ClN4O3/c13-5-1-6(8(14)3-10(16)18)12(20)7(2-5)9(15)4-11(17)19/h1-2,8-9,20H,3-4,14-15H2,(H2,16,18)(H2,17,19). The lowest BCUT2D eigenvalue weighted by Crippen LogP contribution is -2.23. The van der Waals surface area contributed by atoms with Crippen LogP contribution >= 0.6 is 11.6 Å². The van der Waals surface area contributed by atoms with Crippen molar-refractivity contribution in [1.29, 1.82) is 0 Å². The number of carbonyl (C=O) groups is 2. The molecule has 2 atom stereocenters. The minimum Gasteiger partial charge on any atom is -0.507 e. The van der Waals surface area contributed by atoms with E-state index in [1.54, 1.807) is 0 Å². The van der Waals surface area contributed by atoms with Gasteiger partial charge in [0.25, 0.3) is 0 Å². The van der Waals surface area contributed by atoms with E-state index in [-0.39, 0.29) is 34.7 Å². The lowest BCUT2D eigenvalue weighted by molar-refractivity contribution is -0.119. The van der Waals surface area contributed by atoms with Crippen LogP contribution in [0.25, 0.3) is 0 Å². The van der Waals surface area contributed by atoms with Gasteiger partial charge < -0.3 is 28.0 Å².